The van der Waals surface area contributed by atoms with E-state index in [4.69, 9.17) is 11.6 Å². The summed E-state index contributed by atoms with van der Waals surface area (Å²) < 4.78 is 0. The Hall–Kier alpha value is 0.110. The van der Waals surface area contributed by atoms with Gasteiger partial charge in [-0.3, -0.25) is 4.79 Å². The van der Waals surface area contributed by atoms with Crippen LogP contribution >= 0.6 is 23.4 Å². The van der Waals surface area contributed by atoms with Gasteiger partial charge in [0.2, 0.25) is 5.91 Å². The smallest absolute Gasteiger partial charge is 0.240 e. The molecule has 0 aliphatic carbocycles. The molecule has 14 heavy (non-hydrogen) atoms. The van der Waals surface area contributed by atoms with E-state index in [2.05, 4.69) is 0 Å². The molecule has 1 amide bonds. The van der Waals surface area contributed by atoms with Crippen molar-refractivity contribution in [2.45, 2.75) is 38.1 Å². The third kappa shape index (κ3) is 3.06. The maximum absolute atomic E-state index is 11.8. The van der Waals surface area contributed by atoms with Crippen LogP contribution in [0.5, 0.6) is 0 Å². The van der Waals surface area contributed by atoms with Crippen molar-refractivity contribution in [3.8, 4) is 0 Å². The third-order valence-electron chi connectivity index (χ3n) is 2.60. The van der Waals surface area contributed by atoms with Gasteiger partial charge >= 0.3 is 0 Å². The number of halogens is 1. The number of alkyl halides is 1. The van der Waals surface area contributed by atoms with Crippen LogP contribution in [0.25, 0.3) is 0 Å². The topological polar surface area (TPSA) is 20.3 Å². The zero-order chi connectivity index (χ0) is 10.6. The molecule has 1 atom stereocenters. The number of rotatable bonds is 3. The first-order valence-corrected chi connectivity index (χ1v) is 6.78. The lowest BCUT2D eigenvalue weighted by atomic mass is 10.1. The fourth-order valence-electron chi connectivity index (χ4n) is 1.82. The predicted molar refractivity (Wildman–Crippen MR) is 63.0 cm³/mol. The number of carbonyl (C=O) groups excluding carboxylic acids is 1. The van der Waals surface area contributed by atoms with Crippen LogP contribution in [-0.2, 0) is 4.79 Å². The van der Waals surface area contributed by atoms with Crippen molar-refractivity contribution in [2.75, 3.05) is 18.1 Å². The molecule has 0 saturated carbocycles. The van der Waals surface area contributed by atoms with Gasteiger partial charge in [0, 0.05) is 12.6 Å². The molecule has 0 N–H and O–H groups in total. The Kier molecular flexibility index (Phi) is 5.10. The second-order valence-corrected chi connectivity index (χ2v) is 5.46. The normalized spacial score (nSPS) is 20.5. The van der Waals surface area contributed by atoms with Crippen LogP contribution in [0.4, 0.5) is 0 Å². The zero-order valence-electron chi connectivity index (χ0n) is 8.83. The number of thioether (sulfide) groups is 1. The van der Waals surface area contributed by atoms with Gasteiger partial charge < -0.3 is 4.90 Å². The van der Waals surface area contributed by atoms with Crippen molar-refractivity contribution < 1.29 is 4.79 Å². The summed E-state index contributed by atoms with van der Waals surface area (Å²) in [7, 11) is 0. The first kappa shape index (κ1) is 12.2. The van der Waals surface area contributed by atoms with Crippen LogP contribution in [-0.4, -0.2) is 40.3 Å². The molecule has 0 radical (unpaired) electrons. The van der Waals surface area contributed by atoms with Crippen molar-refractivity contribution >= 4 is 29.3 Å². The summed E-state index contributed by atoms with van der Waals surface area (Å²) in [4.78, 5) is 13.7. The van der Waals surface area contributed by atoms with Crippen molar-refractivity contribution in [3.63, 3.8) is 0 Å². The SMILES string of the molecule is CCN(C(=O)[C@H](C)Cl)C1CCSCC1. The standard InChI is InChI=1S/C10H18ClNOS/c1-3-12(10(13)8(2)11)9-4-6-14-7-5-9/h8-9H,3-7H2,1-2H3/t8-/m0/s1. The van der Waals surface area contributed by atoms with E-state index >= 15 is 0 Å². The Bertz CT molecular complexity index is 193. The summed E-state index contributed by atoms with van der Waals surface area (Å²) >= 11 is 7.80. The molecular weight excluding hydrogens is 218 g/mol. The molecule has 1 heterocycles. The van der Waals surface area contributed by atoms with E-state index < -0.39 is 0 Å². The highest BCUT2D eigenvalue weighted by atomic mass is 35.5. The van der Waals surface area contributed by atoms with Crippen LogP contribution in [0, 0.1) is 0 Å². The molecule has 1 aliphatic heterocycles. The van der Waals surface area contributed by atoms with Gasteiger partial charge in [-0.25, -0.2) is 0 Å². The lowest BCUT2D eigenvalue weighted by Gasteiger charge is -2.34. The second-order valence-electron chi connectivity index (χ2n) is 3.58. The van der Waals surface area contributed by atoms with Crippen molar-refractivity contribution in [2.24, 2.45) is 0 Å². The van der Waals surface area contributed by atoms with E-state index in [-0.39, 0.29) is 11.3 Å². The Morgan fingerprint density at radius 2 is 2.14 bits per heavy atom. The van der Waals surface area contributed by atoms with E-state index in [0.717, 1.165) is 19.4 Å². The van der Waals surface area contributed by atoms with E-state index in [0.29, 0.717) is 6.04 Å². The fourth-order valence-corrected chi connectivity index (χ4v) is 3.03. The Labute approximate surface area is 95.4 Å². The molecule has 1 saturated heterocycles. The summed E-state index contributed by atoms with van der Waals surface area (Å²) in [6.45, 7) is 4.56. The number of hydrogen-bond acceptors (Lipinski definition) is 2. The average Bonchev–Trinajstić information content (AvgIpc) is 2.20. The number of amides is 1. The van der Waals surface area contributed by atoms with Gasteiger partial charge in [-0.1, -0.05) is 0 Å². The summed E-state index contributed by atoms with van der Waals surface area (Å²) in [6, 6.07) is 0.426. The summed E-state index contributed by atoms with van der Waals surface area (Å²) in [5.74, 6) is 2.43. The largest absolute Gasteiger partial charge is 0.339 e. The van der Waals surface area contributed by atoms with Crippen LogP contribution in [0.2, 0.25) is 0 Å². The number of carbonyl (C=O) groups is 1. The van der Waals surface area contributed by atoms with Gasteiger partial charge in [-0.15, -0.1) is 11.6 Å². The molecule has 0 aromatic carbocycles. The molecule has 1 rings (SSSR count). The molecule has 1 aliphatic rings. The van der Waals surface area contributed by atoms with Gasteiger partial charge in [-0.05, 0) is 38.2 Å². The highest BCUT2D eigenvalue weighted by Gasteiger charge is 2.26. The van der Waals surface area contributed by atoms with E-state index in [1.54, 1.807) is 6.92 Å². The van der Waals surface area contributed by atoms with Gasteiger partial charge in [0.25, 0.3) is 0 Å². The van der Waals surface area contributed by atoms with Gasteiger partial charge in [0.1, 0.15) is 5.38 Å². The van der Waals surface area contributed by atoms with Crippen LogP contribution in [0.3, 0.4) is 0 Å². The predicted octanol–water partition coefficient (Wildman–Crippen LogP) is 2.36. The van der Waals surface area contributed by atoms with E-state index in [9.17, 15) is 4.79 Å². The lowest BCUT2D eigenvalue weighted by molar-refractivity contribution is -0.132. The fraction of sp³-hybridized carbons (Fsp3) is 0.900. The average molecular weight is 236 g/mol. The highest BCUT2D eigenvalue weighted by molar-refractivity contribution is 7.99. The Balaban J connectivity index is 2.55. The zero-order valence-corrected chi connectivity index (χ0v) is 10.4. The number of nitrogens with zero attached hydrogens (tertiary/aromatic N) is 1. The second kappa shape index (κ2) is 5.86. The van der Waals surface area contributed by atoms with Gasteiger partial charge in [-0.2, -0.15) is 11.8 Å². The van der Waals surface area contributed by atoms with Crippen LogP contribution in [0.15, 0.2) is 0 Å². The van der Waals surface area contributed by atoms with Crippen molar-refractivity contribution in [1.82, 2.24) is 4.90 Å². The molecule has 0 aromatic heterocycles. The molecule has 0 unspecified atom stereocenters. The summed E-state index contributed by atoms with van der Waals surface area (Å²) in [6.07, 6.45) is 2.24. The minimum Gasteiger partial charge on any atom is -0.339 e. The quantitative estimate of drug-likeness (QED) is 0.700. The molecule has 0 bridgehead atoms. The first-order valence-electron chi connectivity index (χ1n) is 5.19. The van der Waals surface area contributed by atoms with E-state index in [1.807, 2.05) is 23.6 Å². The molecule has 82 valence electrons. The minimum absolute atomic E-state index is 0.0890. The Morgan fingerprint density at radius 1 is 1.57 bits per heavy atom. The summed E-state index contributed by atoms with van der Waals surface area (Å²) in [5.41, 5.74) is 0. The minimum atomic E-state index is -0.385. The van der Waals surface area contributed by atoms with Gasteiger partial charge in [0.05, 0.1) is 0 Å². The lowest BCUT2D eigenvalue weighted by Crippen LogP contribution is -2.44. The van der Waals surface area contributed by atoms with Crippen molar-refractivity contribution in [1.29, 1.82) is 0 Å². The van der Waals surface area contributed by atoms with Gasteiger partial charge in [0.15, 0.2) is 0 Å². The van der Waals surface area contributed by atoms with Crippen LogP contribution in [0.1, 0.15) is 26.7 Å². The highest BCUT2D eigenvalue weighted by Crippen LogP contribution is 2.22. The monoisotopic (exact) mass is 235 g/mol. The maximum atomic E-state index is 11.8. The van der Waals surface area contributed by atoms with E-state index in [1.165, 1.54) is 11.5 Å². The molecule has 4 heteroatoms. The molecule has 0 spiro atoms. The number of hydrogen-bond donors (Lipinski definition) is 0. The maximum Gasteiger partial charge on any atom is 0.240 e. The third-order valence-corrected chi connectivity index (χ3v) is 3.83. The molecule has 2 nitrogen and oxygen atoms in total. The Morgan fingerprint density at radius 3 is 2.57 bits per heavy atom. The molecule has 0 aromatic rings. The first-order chi connectivity index (χ1) is 6.66. The van der Waals surface area contributed by atoms with Crippen LogP contribution < -0.4 is 0 Å². The summed E-state index contributed by atoms with van der Waals surface area (Å²) in [5, 5.41) is -0.385. The molecule has 1 fully saturated rings. The van der Waals surface area contributed by atoms with Crippen molar-refractivity contribution in [3.05, 3.63) is 0 Å². The molecular formula is C10H18ClNOS.